The monoisotopic (exact) mass is 866 g/mol. The van der Waals surface area contributed by atoms with Crippen molar-refractivity contribution in [3.8, 4) is 11.5 Å². The van der Waals surface area contributed by atoms with Crippen LogP contribution in [0.1, 0.15) is 103 Å². The summed E-state index contributed by atoms with van der Waals surface area (Å²) < 4.78 is 0. The van der Waals surface area contributed by atoms with Crippen LogP contribution in [0.4, 0.5) is 11.4 Å². The van der Waals surface area contributed by atoms with Gasteiger partial charge in [0.05, 0.1) is 12.1 Å². The third-order valence-electron chi connectivity index (χ3n) is 11.5. The number of anilines is 2. The van der Waals surface area contributed by atoms with E-state index in [0.29, 0.717) is 35.4 Å². The second-order valence-electron chi connectivity index (χ2n) is 17.9. The molecule has 0 aromatic heterocycles. The zero-order chi connectivity index (χ0) is 47.5. The predicted octanol–water partition coefficient (Wildman–Crippen LogP) is 12.0. The first kappa shape index (κ1) is 49.7. The van der Waals surface area contributed by atoms with Crippen molar-refractivity contribution >= 4 is 34.9 Å². The van der Waals surface area contributed by atoms with Gasteiger partial charge in [-0.25, -0.2) is 9.59 Å². The lowest BCUT2D eigenvalue weighted by molar-refractivity contribution is -0.118. The summed E-state index contributed by atoms with van der Waals surface area (Å²) >= 11 is 0. The molecule has 0 amide bonds. The highest BCUT2D eigenvalue weighted by Gasteiger charge is 2.39. The lowest BCUT2D eigenvalue weighted by Crippen LogP contribution is -2.40. The summed E-state index contributed by atoms with van der Waals surface area (Å²) in [5.74, 6) is -3.24. The fourth-order valence-corrected chi connectivity index (χ4v) is 7.93. The maximum absolute atomic E-state index is 13.4. The molecule has 6 N–H and O–H groups in total. The summed E-state index contributed by atoms with van der Waals surface area (Å²) in [7, 11) is 0. The summed E-state index contributed by atoms with van der Waals surface area (Å²) in [6.45, 7) is 20.1. The molecule has 10 nitrogen and oxygen atoms in total. The average Bonchev–Trinajstić information content (AvgIpc) is 3.21. The molecule has 0 radical (unpaired) electrons. The number of benzene rings is 2. The quantitative estimate of drug-likeness (QED) is 0.0704. The lowest BCUT2D eigenvalue weighted by Gasteiger charge is -2.37. The van der Waals surface area contributed by atoms with E-state index in [0.717, 1.165) is 33.4 Å². The van der Waals surface area contributed by atoms with Gasteiger partial charge in [-0.15, -0.1) is 0 Å². The molecule has 0 fully saturated rings. The largest absolute Gasteiger partial charge is 0.507 e. The van der Waals surface area contributed by atoms with Gasteiger partial charge in [0.15, 0.2) is 11.6 Å². The number of carbonyl (C=O) groups is 4. The number of aromatic carboxylic acids is 2. The van der Waals surface area contributed by atoms with Crippen LogP contribution in [0.15, 0.2) is 166 Å². The zero-order valence-corrected chi connectivity index (χ0v) is 38.5. The maximum Gasteiger partial charge on any atom is 0.339 e. The summed E-state index contributed by atoms with van der Waals surface area (Å²) in [5, 5.41) is 44.8. The van der Waals surface area contributed by atoms with Crippen LogP contribution in [-0.4, -0.2) is 56.0 Å². The first-order valence-corrected chi connectivity index (χ1v) is 21.3. The molecule has 64 heavy (non-hydrogen) atoms. The van der Waals surface area contributed by atoms with E-state index < -0.39 is 24.0 Å². The normalized spacial score (nSPS) is 20.2. The number of carboxylic acids is 2. The summed E-state index contributed by atoms with van der Waals surface area (Å²) in [6.07, 6.45) is 29.2. The van der Waals surface area contributed by atoms with Crippen LogP contribution >= 0.6 is 0 Å². The molecule has 2 aromatic carbocycles. The number of rotatable bonds is 16. The average molecular weight is 867 g/mol. The zero-order valence-electron chi connectivity index (χ0n) is 38.5. The van der Waals surface area contributed by atoms with Crippen molar-refractivity contribution in [2.24, 2.45) is 10.8 Å². The number of nitrogens with one attached hydrogen (secondary N) is 2. The van der Waals surface area contributed by atoms with Crippen LogP contribution in [0.2, 0.25) is 0 Å². The molecule has 2 aliphatic carbocycles. The Morgan fingerprint density at radius 1 is 0.562 bits per heavy atom. The molecule has 0 heterocycles. The van der Waals surface area contributed by atoms with Crippen LogP contribution in [0.3, 0.4) is 0 Å². The standard InChI is InChI=1S/C54H62N2O8/c1-33(17-13-19-35(3)21-25-43-37(5)49(59)45(31-53(43,7)8)55-39-23-27-47(57)41(29-39)51(61)62)15-11-12-16-34(2)18-14-20-36(4)22-26-44-38(6)50(60)46(32-54(44,9)10)56-40-24-28-48(58)42(30-40)52(63)64/h11-30,45-46,55-58H,31-32H2,1-10H3,(H,61,62)(H,63,64)/b12-11+,17-13+,18-14+,25-21+,26-22+,33-15+,34-16+,35-19+,36-20+. The van der Waals surface area contributed by atoms with Crippen LogP contribution in [0.25, 0.3) is 0 Å². The molecule has 0 saturated carbocycles. The highest BCUT2D eigenvalue weighted by atomic mass is 16.4. The Bertz CT molecular complexity index is 2350. The molecule has 10 heteroatoms. The number of hydrogen-bond donors (Lipinski definition) is 6. The molecular formula is C54H62N2O8. The number of aromatic hydroxyl groups is 2. The number of allylic oxidation sites excluding steroid dienone is 20. The van der Waals surface area contributed by atoms with Gasteiger partial charge in [0.1, 0.15) is 22.6 Å². The second-order valence-corrected chi connectivity index (χ2v) is 17.9. The molecule has 2 unspecified atom stereocenters. The van der Waals surface area contributed by atoms with Crippen molar-refractivity contribution in [1.82, 2.24) is 0 Å². The van der Waals surface area contributed by atoms with Gasteiger partial charge in [-0.2, -0.15) is 0 Å². The number of ketones is 2. The van der Waals surface area contributed by atoms with Gasteiger partial charge in [-0.05, 0) is 124 Å². The molecule has 4 rings (SSSR count). The number of Topliss-reactive ketones (excluding diaryl/α,β-unsaturated/α-hetero) is 2. The fourth-order valence-electron chi connectivity index (χ4n) is 7.93. The number of hydrogen-bond acceptors (Lipinski definition) is 8. The van der Waals surface area contributed by atoms with E-state index in [9.17, 15) is 39.6 Å². The van der Waals surface area contributed by atoms with Crippen molar-refractivity contribution in [2.75, 3.05) is 10.6 Å². The minimum atomic E-state index is -1.24. The van der Waals surface area contributed by atoms with E-state index in [1.807, 2.05) is 127 Å². The van der Waals surface area contributed by atoms with E-state index in [1.165, 1.54) is 24.3 Å². The van der Waals surface area contributed by atoms with E-state index in [4.69, 9.17) is 0 Å². The van der Waals surface area contributed by atoms with E-state index in [1.54, 1.807) is 12.1 Å². The molecule has 336 valence electrons. The Morgan fingerprint density at radius 3 is 1.23 bits per heavy atom. The molecule has 2 atom stereocenters. The minimum absolute atomic E-state index is 0.0513. The maximum atomic E-state index is 13.4. The molecule has 0 aliphatic heterocycles. The van der Waals surface area contributed by atoms with Crippen molar-refractivity contribution in [2.45, 2.75) is 94.2 Å². The van der Waals surface area contributed by atoms with Gasteiger partial charge in [-0.3, -0.25) is 9.59 Å². The molecule has 0 bridgehead atoms. The smallest absolute Gasteiger partial charge is 0.339 e. The van der Waals surface area contributed by atoms with Gasteiger partial charge in [0.2, 0.25) is 0 Å². The van der Waals surface area contributed by atoms with Gasteiger partial charge < -0.3 is 31.1 Å². The van der Waals surface area contributed by atoms with Crippen LogP contribution < -0.4 is 10.6 Å². The van der Waals surface area contributed by atoms with E-state index in [2.05, 4.69) is 38.3 Å². The van der Waals surface area contributed by atoms with Crippen LogP contribution in [-0.2, 0) is 9.59 Å². The third kappa shape index (κ3) is 13.3. The van der Waals surface area contributed by atoms with Gasteiger partial charge >= 0.3 is 11.9 Å². The molecule has 2 aromatic rings. The van der Waals surface area contributed by atoms with Crippen molar-refractivity contribution in [3.05, 3.63) is 177 Å². The fraction of sp³-hybridized carbons (Fsp3) is 0.296. The molecular weight excluding hydrogens is 805 g/mol. The van der Waals surface area contributed by atoms with Crippen LogP contribution in [0.5, 0.6) is 11.5 Å². The van der Waals surface area contributed by atoms with Crippen molar-refractivity contribution < 1.29 is 39.6 Å². The lowest BCUT2D eigenvalue weighted by atomic mass is 9.70. The molecule has 0 saturated heterocycles. The highest BCUT2D eigenvalue weighted by Crippen LogP contribution is 2.42. The second kappa shape index (κ2) is 21.4. The number of carboxylic acid groups (broad SMARTS) is 2. The Kier molecular flexibility index (Phi) is 16.6. The van der Waals surface area contributed by atoms with Crippen molar-refractivity contribution in [3.63, 3.8) is 0 Å². The predicted molar refractivity (Wildman–Crippen MR) is 258 cm³/mol. The highest BCUT2D eigenvalue weighted by molar-refractivity contribution is 6.04. The Hall–Kier alpha value is -6.94. The Balaban J connectivity index is 1.31. The van der Waals surface area contributed by atoms with Gasteiger partial charge in [0, 0.05) is 11.4 Å². The summed E-state index contributed by atoms with van der Waals surface area (Å²) in [5.41, 5.74) is 7.22. The van der Waals surface area contributed by atoms with Gasteiger partial charge in [-0.1, -0.05) is 135 Å². The first-order chi connectivity index (χ1) is 30.0. The van der Waals surface area contributed by atoms with Crippen LogP contribution in [0, 0.1) is 10.8 Å². The molecule has 2 aliphatic rings. The summed E-state index contributed by atoms with van der Waals surface area (Å²) in [6, 6.07) is 7.38. The number of carbonyl (C=O) groups excluding carboxylic acids is 2. The third-order valence-corrected chi connectivity index (χ3v) is 11.5. The Labute approximate surface area is 377 Å². The SMILES string of the molecule is CC1=C(/C=C/C(C)=C/C=C/C(C)=C/C=C/C=C(C)/C=C/C=C(C)/C=C/C2=C(C)C(=O)C(Nc3ccc(O)c(C(=O)O)c3)CC2(C)C)C(C)(C)CC(Nc2ccc(O)c(C(=O)O)c2)C1=O. The van der Waals surface area contributed by atoms with Crippen molar-refractivity contribution in [1.29, 1.82) is 0 Å². The van der Waals surface area contributed by atoms with Gasteiger partial charge in [0.25, 0.3) is 0 Å². The first-order valence-electron chi connectivity index (χ1n) is 21.3. The summed E-state index contributed by atoms with van der Waals surface area (Å²) in [4.78, 5) is 49.7. The number of phenols is 2. The molecule has 0 spiro atoms. The van der Waals surface area contributed by atoms with E-state index >= 15 is 0 Å². The topological polar surface area (TPSA) is 173 Å². The minimum Gasteiger partial charge on any atom is -0.507 e. The van der Waals surface area contributed by atoms with E-state index in [-0.39, 0.29) is 45.0 Å². The Morgan fingerprint density at radius 2 is 0.891 bits per heavy atom.